The molecule has 82 valence electrons. The van der Waals surface area contributed by atoms with Gasteiger partial charge in [0.05, 0.1) is 11.9 Å². The van der Waals surface area contributed by atoms with Gasteiger partial charge in [-0.25, -0.2) is 4.68 Å². The van der Waals surface area contributed by atoms with E-state index in [9.17, 15) is 4.79 Å². The number of aromatic nitrogens is 2. The summed E-state index contributed by atoms with van der Waals surface area (Å²) in [5, 5.41) is 4.30. The summed E-state index contributed by atoms with van der Waals surface area (Å²) in [6, 6.07) is 5.60. The van der Waals surface area contributed by atoms with E-state index in [1.165, 1.54) is 5.56 Å². The summed E-state index contributed by atoms with van der Waals surface area (Å²) in [7, 11) is 0. The number of carbonyl (C=O) groups is 1. The molecular formula is C13H14N2O. The molecular weight excluding hydrogens is 200 g/mol. The molecule has 3 nitrogen and oxygen atoms in total. The average molecular weight is 214 g/mol. The van der Waals surface area contributed by atoms with Crippen LogP contribution in [-0.2, 0) is 6.42 Å². The van der Waals surface area contributed by atoms with Crippen molar-refractivity contribution in [2.24, 2.45) is 0 Å². The first-order valence-electron chi connectivity index (χ1n) is 5.34. The maximum atomic E-state index is 10.6. The first-order valence-corrected chi connectivity index (χ1v) is 5.34. The van der Waals surface area contributed by atoms with Crippen molar-refractivity contribution >= 4 is 6.29 Å². The third kappa shape index (κ3) is 1.89. The van der Waals surface area contributed by atoms with Gasteiger partial charge in [-0.2, -0.15) is 5.10 Å². The maximum absolute atomic E-state index is 10.6. The Morgan fingerprint density at radius 1 is 1.44 bits per heavy atom. The molecule has 0 N–H and O–H groups in total. The van der Waals surface area contributed by atoms with Gasteiger partial charge < -0.3 is 0 Å². The van der Waals surface area contributed by atoms with E-state index in [4.69, 9.17) is 0 Å². The van der Waals surface area contributed by atoms with Crippen molar-refractivity contribution in [3.8, 4) is 5.69 Å². The number of hydrogen-bond donors (Lipinski definition) is 0. The molecule has 0 unspecified atom stereocenters. The van der Waals surface area contributed by atoms with Crippen molar-refractivity contribution in [2.45, 2.75) is 20.3 Å². The molecule has 3 heteroatoms. The van der Waals surface area contributed by atoms with Crippen molar-refractivity contribution in [3.63, 3.8) is 0 Å². The fourth-order valence-electron chi connectivity index (χ4n) is 1.68. The number of aldehydes is 1. The predicted molar refractivity (Wildman–Crippen MR) is 63.1 cm³/mol. The molecule has 0 saturated carbocycles. The quantitative estimate of drug-likeness (QED) is 0.736. The Morgan fingerprint density at radius 3 is 2.81 bits per heavy atom. The second-order valence-corrected chi connectivity index (χ2v) is 3.81. The van der Waals surface area contributed by atoms with Gasteiger partial charge >= 0.3 is 0 Å². The Labute approximate surface area is 94.7 Å². The normalized spacial score (nSPS) is 10.4. The first-order chi connectivity index (χ1) is 7.74. The third-order valence-electron chi connectivity index (χ3n) is 2.65. The summed E-state index contributed by atoms with van der Waals surface area (Å²) in [4.78, 5) is 10.6. The first kappa shape index (κ1) is 10.6. The Balaban J connectivity index is 2.43. The zero-order chi connectivity index (χ0) is 11.5. The maximum Gasteiger partial charge on any atom is 0.150 e. The lowest BCUT2D eigenvalue weighted by atomic mass is 10.1. The number of nitrogens with zero attached hydrogens (tertiary/aromatic N) is 2. The minimum atomic E-state index is 0.698. The van der Waals surface area contributed by atoms with Crippen LogP contribution in [-0.4, -0.2) is 16.1 Å². The second-order valence-electron chi connectivity index (χ2n) is 3.81. The van der Waals surface area contributed by atoms with Crippen molar-refractivity contribution in [2.75, 3.05) is 0 Å². The van der Waals surface area contributed by atoms with Gasteiger partial charge in [0.25, 0.3) is 0 Å². The number of hydrogen-bond acceptors (Lipinski definition) is 2. The zero-order valence-electron chi connectivity index (χ0n) is 9.47. The number of benzene rings is 1. The second kappa shape index (κ2) is 4.31. The SMILES string of the molecule is CCc1cnn(-c2ccc(C=O)cc2C)c1. The number of carbonyl (C=O) groups excluding carboxylic acids is 1. The minimum absolute atomic E-state index is 0.698. The lowest BCUT2D eigenvalue weighted by molar-refractivity contribution is 0.112. The highest BCUT2D eigenvalue weighted by molar-refractivity contribution is 5.75. The van der Waals surface area contributed by atoms with E-state index in [2.05, 4.69) is 12.0 Å². The highest BCUT2D eigenvalue weighted by Crippen LogP contribution is 2.15. The van der Waals surface area contributed by atoms with Gasteiger partial charge in [-0.15, -0.1) is 0 Å². The van der Waals surface area contributed by atoms with Crippen molar-refractivity contribution in [1.29, 1.82) is 0 Å². The zero-order valence-corrected chi connectivity index (χ0v) is 9.47. The largest absolute Gasteiger partial charge is 0.298 e. The van der Waals surface area contributed by atoms with Crippen LogP contribution < -0.4 is 0 Å². The molecule has 0 aliphatic heterocycles. The van der Waals surface area contributed by atoms with Crippen LogP contribution in [0.2, 0.25) is 0 Å². The Morgan fingerprint density at radius 2 is 2.25 bits per heavy atom. The van der Waals surface area contributed by atoms with Gasteiger partial charge in [0, 0.05) is 11.8 Å². The van der Waals surface area contributed by atoms with Gasteiger partial charge in [0.2, 0.25) is 0 Å². The molecule has 0 amide bonds. The molecule has 1 aromatic heterocycles. The standard InChI is InChI=1S/C13H14N2O/c1-3-11-7-14-15(8-11)13-5-4-12(9-16)6-10(13)2/h4-9H,3H2,1-2H3. The lowest BCUT2D eigenvalue weighted by Gasteiger charge is -2.05. The summed E-state index contributed by atoms with van der Waals surface area (Å²) >= 11 is 0. The Kier molecular flexibility index (Phi) is 2.86. The van der Waals surface area contributed by atoms with E-state index in [-0.39, 0.29) is 0 Å². The van der Waals surface area contributed by atoms with E-state index in [0.29, 0.717) is 5.56 Å². The molecule has 2 rings (SSSR count). The molecule has 0 spiro atoms. The molecule has 0 saturated heterocycles. The molecule has 0 aliphatic rings. The van der Waals surface area contributed by atoms with Crippen LogP contribution >= 0.6 is 0 Å². The van der Waals surface area contributed by atoms with Crippen LogP contribution in [0.3, 0.4) is 0 Å². The summed E-state index contributed by atoms with van der Waals surface area (Å²) < 4.78 is 1.85. The van der Waals surface area contributed by atoms with Crippen LogP contribution in [0.1, 0.15) is 28.4 Å². The van der Waals surface area contributed by atoms with Crippen LogP contribution in [0.4, 0.5) is 0 Å². The number of rotatable bonds is 3. The fraction of sp³-hybridized carbons (Fsp3) is 0.231. The highest BCUT2D eigenvalue weighted by Gasteiger charge is 2.03. The molecule has 1 heterocycles. The summed E-state index contributed by atoms with van der Waals surface area (Å²) in [5.74, 6) is 0. The lowest BCUT2D eigenvalue weighted by Crippen LogP contribution is -1.98. The van der Waals surface area contributed by atoms with Gasteiger partial charge in [0.1, 0.15) is 6.29 Å². The smallest absolute Gasteiger partial charge is 0.150 e. The van der Waals surface area contributed by atoms with Crippen LogP contribution in [0, 0.1) is 6.92 Å². The highest BCUT2D eigenvalue weighted by atomic mass is 16.1. The van der Waals surface area contributed by atoms with Crippen molar-refractivity contribution in [1.82, 2.24) is 9.78 Å². The van der Waals surface area contributed by atoms with E-state index < -0.39 is 0 Å². The molecule has 0 radical (unpaired) electrons. The Hall–Kier alpha value is -1.90. The predicted octanol–water partition coefficient (Wildman–Crippen LogP) is 2.56. The van der Waals surface area contributed by atoms with Crippen molar-refractivity contribution in [3.05, 3.63) is 47.3 Å². The summed E-state index contributed by atoms with van der Waals surface area (Å²) in [6.45, 7) is 4.08. The van der Waals surface area contributed by atoms with Gasteiger partial charge in [-0.05, 0) is 42.7 Å². The van der Waals surface area contributed by atoms with Crippen LogP contribution in [0.25, 0.3) is 5.69 Å². The molecule has 2 aromatic rings. The van der Waals surface area contributed by atoms with E-state index in [1.807, 2.05) is 42.2 Å². The monoisotopic (exact) mass is 214 g/mol. The van der Waals surface area contributed by atoms with Crippen LogP contribution in [0.15, 0.2) is 30.6 Å². The fourth-order valence-corrected chi connectivity index (χ4v) is 1.68. The van der Waals surface area contributed by atoms with E-state index >= 15 is 0 Å². The minimum Gasteiger partial charge on any atom is -0.298 e. The topological polar surface area (TPSA) is 34.9 Å². The number of aryl methyl sites for hydroxylation is 2. The Bertz CT molecular complexity index is 514. The van der Waals surface area contributed by atoms with E-state index in [1.54, 1.807) is 0 Å². The molecule has 0 aliphatic carbocycles. The molecule has 0 bridgehead atoms. The van der Waals surface area contributed by atoms with Gasteiger partial charge in [-0.1, -0.05) is 6.92 Å². The van der Waals surface area contributed by atoms with Crippen molar-refractivity contribution < 1.29 is 4.79 Å². The average Bonchev–Trinajstić information content (AvgIpc) is 2.77. The molecule has 0 atom stereocenters. The summed E-state index contributed by atoms with van der Waals surface area (Å²) in [5.41, 5.74) is 3.98. The third-order valence-corrected chi connectivity index (χ3v) is 2.65. The molecule has 1 aromatic carbocycles. The summed E-state index contributed by atoms with van der Waals surface area (Å²) in [6.07, 6.45) is 5.72. The molecule has 16 heavy (non-hydrogen) atoms. The van der Waals surface area contributed by atoms with E-state index in [0.717, 1.165) is 24.0 Å². The van der Waals surface area contributed by atoms with Crippen LogP contribution in [0.5, 0.6) is 0 Å². The molecule has 0 fully saturated rings. The van der Waals surface area contributed by atoms with Gasteiger partial charge in [-0.3, -0.25) is 4.79 Å². The van der Waals surface area contributed by atoms with Gasteiger partial charge in [0.15, 0.2) is 0 Å².